The summed E-state index contributed by atoms with van der Waals surface area (Å²) in [4.78, 5) is 21.8. The van der Waals surface area contributed by atoms with Crippen molar-refractivity contribution in [2.24, 2.45) is 10.9 Å². The summed E-state index contributed by atoms with van der Waals surface area (Å²) in [6.45, 7) is 1.20. The fraction of sp³-hybridized carbons (Fsp3) is 0.444. The normalized spacial score (nSPS) is 26.7. The zero-order valence-electron chi connectivity index (χ0n) is 26.8. The zero-order valence-corrected chi connectivity index (χ0v) is 26.8. The highest BCUT2D eigenvalue weighted by atomic mass is 19.1. The molecule has 0 radical (unpaired) electrons. The number of alkyl halides is 2. The van der Waals surface area contributed by atoms with E-state index in [2.05, 4.69) is 25.8 Å². The maximum Gasteiger partial charge on any atom is 0.319 e. The third-order valence-corrected chi connectivity index (χ3v) is 10.4. The van der Waals surface area contributed by atoms with Crippen LogP contribution in [-0.2, 0) is 0 Å². The highest BCUT2D eigenvalue weighted by Gasteiger charge is 2.49. The molecule has 0 amide bonds. The molecule has 3 fully saturated rings. The fourth-order valence-electron chi connectivity index (χ4n) is 8.32. The monoisotopic (exact) mass is 674 g/mol. The van der Waals surface area contributed by atoms with E-state index in [0.29, 0.717) is 24.8 Å². The molecule has 13 heteroatoms. The number of phenols is 1. The molecule has 2 aromatic carbocycles. The van der Waals surface area contributed by atoms with Gasteiger partial charge in [0.25, 0.3) is 0 Å². The summed E-state index contributed by atoms with van der Waals surface area (Å²) in [5.74, 6) is 0.545. The number of phenolic OH excluding ortho intramolecular Hbond substituents is 1. The van der Waals surface area contributed by atoms with Gasteiger partial charge in [0.1, 0.15) is 59.5 Å². The molecule has 254 valence electrons. The minimum Gasteiger partial charge on any atom is -0.508 e. The van der Waals surface area contributed by atoms with Gasteiger partial charge in [0.15, 0.2) is 5.82 Å². The summed E-state index contributed by atoms with van der Waals surface area (Å²) in [6, 6.07) is 4.74. The number of hydrogen-bond acceptors (Lipinski definition) is 9. The molecule has 3 saturated heterocycles. The molecule has 0 aliphatic carbocycles. The van der Waals surface area contributed by atoms with Crippen molar-refractivity contribution in [2.45, 2.75) is 56.0 Å². The molecule has 0 spiro atoms. The molecule has 9 nitrogen and oxygen atoms in total. The van der Waals surface area contributed by atoms with Crippen molar-refractivity contribution in [1.29, 1.82) is 0 Å². The lowest BCUT2D eigenvalue weighted by atomic mass is 9.95. The third kappa shape index (κ3) is 5.28. The number of aromatic nitrogens is 3. The molecule has 6 heterocycles. The molecule has 4 aliphatic rings. The fourth-order valence-corrected chi connectivity index (χ4v) is 8.32. The summed E-state index contributed by atoms with van der Waals surface area (Å²) in [6.07, 6.45) is 7.90. The van der Waals surface area contributed by atoms with Gasteiger partial charge in [-0.3, -0.25) is 4.90 Å². The second kappa shape index (κ2) is 12.0. The number of rotatable bonds is 5. The molecule has 0 saturated carbocycles. The first-order valence-electron chi connectivity index (χ1n) is 16.5. The van der Waals surface area contributed by atoms with Crippen LogP contribution in [0.3, 0.4) is 0 Å². The minimum absolute atomic E-state index is 0.0103. The van der Waals surface area contributed by atoms with E-state index >= 15 is 8.78 Å². The quantitative estimate of drug-likeness (QED) is 0.162. The first kappa shape index (κ1) is 31.6. The van der Waals surface area contributed by atoms with Gasteiger partial charge >= 0.3 is 6.01 Å². The highest BCUT2D eigenvalue weighted by molar-refractivity contribution is 6.04. The van der Waals surface area contributed by atoms with Crippen molar-refractivity contribution in [1.82, 2.24) is 19.9 Å². The van der Waals surface area contributed by atoms with Gasteiger partial charge in [-0.15, -0.1) is 6.42 Å². The average Bonchev–Trinajstić information content (AvgIpc) is 3.49. The van der Waals surface area contributed by atoms with E-state index in [9.17, 15) is 13.9 Å². The van der Waals surface area contributed by atoms with Gasteiger partial charge in [-0.1, -0.05) is 12.0 Å². The van der Waals surface area contributed by atoms with Crippen LogP contribution in [0.15, 0.2) is 29.3 Å². The van der Waals surface area contributed by atoms with Crippen molar-refractivity contribution >= 4 is 33.7 Å². The number of anilines is 1. The van der Waals surface area contributed by atoms with Crippen LogP contribution in [-0.4, -0.2) is 95.0 Å². The molecule has 8 rings (SSSR count). The molecule has 49 heavy (non-hydrogen) atoms. The number of halogens is 4. The van der Waals surface area contributed by atoms with Gasteiger partial charge in [-0.25, -0.2) is 22.5 Å². The van der Waals surface area contributed by atoms with Crippen molar-refractivity contribution < 1.29 is 32.1 Å². The molecular formula is C36H34F4N6O3. The number of aromatic hydroxyl groups is 1. The van der Waals surface area contributed by atoms with Crippen LogP contribution in [0.2, 0.25) is 0 Å². The Bertz CT molecular complexity index is 2060. The molecule has 4 aliphatic heterocycles. The molecule has 0 unspecified atom stereocenters. The first-order chi connectivity index (χ1) is 23.7. The smallest absolute Gasteiger partial charge is 0.319 e. The standard InChI is InChI=1S/C36H34F4N6O3/c1-3-25-27(39)6-5-20-11-24(47)12-26(28(20)25)31-30(40)32-29-33(44-35(43-32)49-18-36-7-4-8-45(36)15-22(38)13-36)46-16-21(37)9-19(14-41-2)10-23(46)17-48-34(29)42-31/h1,5-6,11-12,14,19,21-23,47H,4,7-10,13,15-18H2,2H3/t19-,21-,22+,23-,36-/m0/s1. The Morgan fingerprint density at radius 1 is 1.14 bits per heavy atom. The molecule has 0 bridgehead atoms. The van der Waals surface area contributed by atoms with E-state index in [-0.39, 0.29) is 94.7 Å². The summed E-state index contributed by atoms with van der Waals surface area (Å²) in [5, 5.41) is 11.3. The van der Waals surface area contributed by atoms with Crippen molar-refractivity contribution in [3.63, 3.8) is 0 Å². The van der Waals surface area contributed by atoms with E-state index in [0.717, 1.165) is 19.4 Å². The van der Waals surface area contributed by atoms with Gasteiger partial charge in [0, 0.05) is 37.2 Å². The number of benzene rings is 2. The van der Waals surface area contributed by atoms with Crippen molar-refractivity contribution in [2.75, 3.05) is 44.8 Å². The lowest BCUT2D eigenvalue weighted by molar-refractivity contribution is 0.107. The van der Waals surface area contributed by atoms with Crippen LogP contribution in [0.4, 0.5) is 23.4 Å². The molecule has 4 aromatic rings. The van der Waals surface area contributed by atoms with E-state index < -0.39 is 29.5 Å². The Kier molecular flexibility index (Phi) is 7.74. The van der Waals surface area contributed by atoms with Crippen LogP contribution in [0.25, 0.3) is 32.9 Å². The Balaban J connectivity index is 1.33. The maximum absolute atomic E-state index is 17.1. The van der Waals surface area contributed by atoms with Crippen LogP contribution < -0.4 is 14.4 Å². The number of fused-ring (bicyclic) bond motifs is 4. The summed E-state index contributed by atoms with van der Waals surface area (Å²) in [7, 11) is 1.64. The second-order valence-corrected chi connectivity index (χ2v) is 13.5. The van der Waals surface area contributed by atoms with Crippen LogP contribution in [0, 0.1) is 29.9 Å². The molecule has 2 aromatic heterocycles. The minimum atomic E-state index is -1.25. The van der Waals surface area contributed by atoms with E-state index in [1.807, 2.05) is 0 Å². The number of pyridine rings is 1. The predicted molar refractivity (Wildman–Crippen MR) is 177 cm³/mol. The van der Waals surface area contributed by atoms with Crippen LogP contribution in [0.1, 0.15) is 37.7 Å². The zero-order chi connectivity index (χ0) is 34.0. The average molecular weight is 675 g/mol. The molecule has 1 N–H and O–H groups in total. The van der Waals surface area contributed by atoms with Crippen LogP contribution >= 0.6 is 0 Å². The maximum atomic E-state index is 17.1. The Labute approximate surface area is 280 Å². The van der Waals surface area contributed by atoms with Gasteiger partial charge in [-0.05, 0) is 61.7 Å². The van der Waals surface area contributed by atoms with Crippen molar-refractivity contribution in [3.8, 4) is 41.2 Å². The number of ether oxygens (including phenoxy) is 2. The largest absolute Gasteiger partial charge is 0.508 e. The number of terminal acetylenes is 1. The van der Waals surface area contributed by atoms with Gasteiger partial charge in [0.2, 0.25) is 5.88 Å². The SMILES string of the molecule is C#Cc1c(F)ccc2cc(O)cc(-c3nc4c5c(nc(OC[C@@]67CCCN6C[C@H](F)C7)nc5c3F)N3C[C@@H](F)C[C@H](C=NC)C[C@H]3CO4)c12. The summed E-state index contributed by atoms with van der Waals surface area (Å²) in [5.41, 5.74) is -1.11. The lowest BCUT2D eigenvalue weighted by Crippen LogP contribution is -2.43. The second-order valence-electron chi connectivity index (χ2n) is 13.5. The predicted octanol–water partition coefficient (Wildman–Crippen LogP) is 5.78. The molecular weight excluding hydrogens is 640 g/mol. The van der Waals surface area contributed by atoms with E-state index in [1.54, 1.807) is 18.2 Å². The van der Waals surface area contributed by atoms with Crippen molar-refractivity contribution in [3.05, 3.63) is 41.5 Å². The van der Waals surface area contributed by atoms with E-state index in [1.165, 1.54) is 24.3 Å². The van der Waals surface area contributed by atoms with Gasteiger partial charge in [-0.2, -0.15) is 9.97 Å². The Morgan fingerprint density at radius 3 is 2.82 bits per heavy atom. The Morgan fingerprint density at radius 2 is 2.00 bits per heavy atom. The lowest BCUT2D eigenvalue weighted by Gasteiger charge is -2.32. The van der Waals surface area contributed by atoms with Crippen LogP contribution in [0.5, 0.6) is 17.6 Å². The first-order valence-corrected chi connectivity index (χ1v) is 16.5. The number of hydrogen-bond donors (Lipinski definition) is 1. The van der Waals surface area contributed by atoms with E-state index in [4.69, 9.17) is 20.9 Å². The summed E-state index contributed by atoms with van der Waals surface area (Å²) < 4.78 is 74.7. The van der Waals surface area contributed by atoms with Gasteiger partial charge < -0.3 is 24.5 Å². The molecule has 5 atom stereocenters. The van der Waals surface area contributed by atoms with Gasteiger partial charge in [0.05, 0.1) is 23.7 Å². The third-order valence-electron chi connectivity index (χ3n) is 10.4. The number of nitrogens with zero attached hydrogens (tertiary/aromatic N) is 6. The topological polar surface area (TPSA) is 96.2 Å². The highest BCUT2D eigenvalue weighted by Crippen LogP contribution is 2.45. The Hall–Kier alpha value is -4.70. The summed E-state index contributed by atoms with van der Waals surface area (Å²) >= 11 is 0. The number of aliphatic imine (C=N–C) groups is 1.